The van der Waals surface area contributed by atoms with E-state index in [-0.39, 0.29) is 11.8 Å². The number of amides is 1. The highest BCUT2D eigenvalue weighted by atomic mass is 16.2. The van der Waals surface area contributed by atoms with Gasteiger partial charge in [-0.2, -0.15) is 0 Å². The van der Waals surface area contributed by atoms with Crippen LogP contribution in [0.15, 0.2) is 24.7 Å². The van der Waals surface area contributed by atoms with E-state index in [1.54, 1.807) is 12.5 Å². The summed E-state index contributed by atoms with van der Waals surface area (Å²) in [6.07, 6.45) is 8.57. The molecule has 6 nitrogen and oxygen atoms in total. The van der Waals surface area contributed by atoms with Crippen LogP contribution in [0.5, 0.6) is 0 Å². The van der Waals surface area contributed by atoms with E-state index in [1.807, 2.05) is 12.1 Å². The Morgan fingerprint density at radius 2 is 1.96 bits per heavy atom. The average molecular weight is 311 g/mol. The van der Waals surface area contributed by atoms with Gasteiger partial charge in [-0.15, -0.1) is 0 Å². The Morgan fingerprint density at radius 1 is 1.13 bits per heavy atom. The fraction of sp³-hybridized carbons (Fsp3) is 0.529. The first-order valence-corrected chi connectivity index (χ1v) is 8.42. The molecule has 1 saturated carbocycles. The molecule has 23 heavy (non-hydrogen) atoms. The molecule has 0 aromatic carbocycles. The normalized spacial score (nSPS) is 19.6. The lowest BCUT2D eigenvalue weighted by Crippen LogP contribution is -2.47. The highest BCUT2D eigenvalue weighted by Crippen LogP contribution is 2.28. The van der Waals surface area contributed by atoms with Gasteiger partial charge in [-0.05, 0) is 37.8 Å². The Morgan fingerprint density at radius 3 is 2.70 bits per heavy atom. The lowest BCUT2D eigenvalue weighted by molar-refractivity contribution is -0.128. The summed E-state index contributed by atoms with van der Waals surface area (Å²) in [5, 5.41) is 4.21. The van der Waals surface area contributed by atoms with E-state index in [9.17, 15) is 4.79 Å². The molecule has 0 spiro atoms. The molecule has 0 bridgehead atoms. The van der Waals surface area contributed by atoms with Gasteiger partial charge in [-0.1, -0.05) is 6.42 Å². The Bertz CT molecular complexity index is 702. The smallest absolute Gasteiger partial charge is 0.223 e. The van der Waals surface area contributed by atoms with Gasteiger partial charge < -0.3 is 10.2 Å². The zero-order valence-electron chi connectivity index (χ0n) is 13.1. The minimum atomic E-state index is 0.256. The average Bonchev–Trinajstić information content (AvgIpc) is 2.53. The molecule has 6 heteroatoms. The molecule has 2 aliphatic rings. The molecule has 2 fully saturated rings. The third kappa shape index (κ3) is 2.85. The minimum absolute atomic E-state index is 0.256. The molecule has 1 aliphatic carbocycles. The maximum Gasteiger partial charge on any atom is 0.223 e. The van der Waals surface area contributed by atoms with E-state index in [1.165, 1.54) is 6.42 Å². The van der Waals surface area contributed by atoms with Crippen molar-refractivity contribution >= 4 is 22.8 Å². The molecule has 120 valence electrons. The van der Waals surface area contributed by atoms with Crippen LogP contribution >= 0.6 is 0 Å². The number of nitrogens with zero attached hydrogens (tertiary/aromatic N) is 4. The fourth-order valence-corrected chi connectivity index (χ4v) is 3.36. The summed E-state index contributed by atoms with van der Waals surface area (Å²) < 4.78 is 0. The zero-order chi connectivity index (χ0) is 15.6. The quantitative estimate of drug-likeness (QED) is 0.937. The van der Waals surface area contributed by atoms with Gasteiger partial charge in [0, 0.05) is 31.2 Å². The predicted octanol–water partition coefficient (Wildman–Crippen LogP) is 1.91. The van der Waals surface area contributed by atoms with Crippen molar-refractivity contribution in [2.75, 3.05) is 18.0 Å². The zero-order valence-corrected chi connectivity index (χ0v) is 13.1. The van der Waals surface area contributed by atoms with Crippen molar-refractivity contribution in [3.05, 3.63) is 24.7 Å². The first kappa shape index (κ1) is 14.4. The number of aromatic nitrogens is 3. The maximum absolute atomic E-state index is 12.1. The van der Waals surface area contributed by atoms with E-state index in [2.05, 4.69) is 25.2 Å². The third-order valence-corrected chi connectivity index (χ3v) is 5.00. The maximum atomic E-state index is 12.1. The van der Waals surface area contributed by atoms with E-state index >= 15 is 0 Å². The highest BCUT2D eigenvalue weighted by Gasteiger charge is 2.28. The van der Waals surface area contributed by atoms with Crippen LogP contribution in [-0.4, -0.2) is 40.0 Å². The molecule has 4 rings (SSSR count). The molecule has 2 aromatic rings. The number of fused-ring (bicyclic) bond motifs is 1. The predicted molar refractivity (Wildman–Crippen MR) is 88.1 cm³/mol. The molecular weight excluding hydrogens is 290 g/mol. The molecule has 3 heterocycles. The van der Waals surface area contributed by atoms with Gasteiger partial charge in [0.2, 0.25) is 5.91 Å². The number of carbonyl (C=O) groups is 1. The Labute approximate surface area is 135 Å². The molecule has 0 radical (unpaired) electrons. The second-order valence-electron chi connectivity index (χ2n) is 6.47. The van der Waals surface area contributed by atoms with Crippen molar-refractivity contribution in [3.63, 3.8) is 0 Å². The molecule has 1 saturated heterocycles. The molecule has 0 atom stereocenters. The molecule has 1 N–H and O–H groups in total. The van der Waals surface area contributed by atoms with Crippen LogP contribution in [-0.2, 0) is 4.79 Å². The molecule has 1 amide bonds. The van der Waals surface area contributed by atoms with Crippen molar-refractivity contribution in [3.8, 4) is 0 Å². The Hall–Kier alpha value is -2.24. The first-order valence-electron chi connectivity index (χ1n) is 8.42. The standard InChI is InChI=1S/C17H21N5O/c23-17(12-3-1-4-12)21-13-6-9-22(10-7-13)16-14-5-2-8-18-15(14)19-11-20-16/h2,5,8,11-13H,1,3-4,6-7,9-10H2,(H,21,23). The van der Waals surface area contributed by atoms with Crippen LogP contribution in [0.3, 0.4) is 0 Å². The van der Waals surface area contributed by atoms with Gasteiger partial charge in [0.05, 0.1) is 5.39 Å². The van der Waals surface area contributed by atoms with Crippen molar-refractivity contribution < 1.29 is 4.79 Å². The minimum Gasteiger partial charge on any atom is -0.356 e. The molecule has 0 unspecified atom stereocenters. The number of anilines is 1. The number of piperidine rings is 1. The van der Waals surface area contributed by atoms with Crippen LogP contribution in [0.2, 0.25) is 0 Å². The lowest BCUT2D eigenvalue weighted by atomic mass is 9.84. The number of hydrogen-bond acceptors (Lipinski definition) is 5. The Kier molecular flexibility index (Phi) is 3.81. The largest absolute Gasteiger partial charge is 0.356 e. The van der Waals surface area contributed by atoms with Crippen LogP contribution < -0.4 is 10.2 Å². The molecule has 1 aliphatic heterocycles. The van der Waals surface area contributed by atoms with Crippen molar-refractivity contribution in [1.29, 1.82) is 0 Å². The number of nitrogens with one attached hydrogen (secondary N) is 1. The fourth-order valence-electron chi connectivity index (χ4n) is 3.36. The third-order valence-electron chi connectivity index (χ3n) is 5.00. The van der Waals surface area contributed by atoms with Gasteiger partial charge in [0.15, 0.2) is 5.65 Å². The van der Waals surface area contributed by atoms with E-state index in [4.69, 9.17) is 0 Å². The van der Waals surface area contributed by atoms with Gasteiger partial charge in [0.25, 0.3) is 0 Å². The summed E-state index contributed by atoms with van der Waals surface area (Å²) in [7, 11) is 0. The Balaban J connectivity index is 1.41. The van der Waals surface area contributed by atoms with E-state index in [0.29, 0.717) is 6.04 Å². The summed E-state index contributed by atoms with van der Waals surface area (Å²) in [4.78, 5) is 27.3. The van der Waals surface area contributed by atoms with Gasteiger partial charge >= 0.3 is 0 Å². The number of carbonyl (C=O) groups excluding carboxylic acids is 1. The molecular formula is C17H21N5O. The summed E-state index contributed by atoms with van der Waals surface area (Å²) in [5.74, 6) is 1.48. The number of hydrogen-bond donors (Lipinski definition) is 1. The SMILES string of the molecule is O=C(NC1CCN(c2ncnc3ncccc23)CC1)C1CCC1. The summed E-state index contributed by atoms with van der Waals surface area (Å²) in [6.45, 7) is 1.80. The van der Waals surface area contributed by atoms with Crippen molar-refractivity contribution in [1.82, 2.24) is 20.3 Å². The summed E-state index contributed by atoms with van der Waals surface area (Å²) in [5.41, 5.74) is 0.734. The second kappa shape index (κ2) is 6.10. The second-order valence-corrected chi connectivity index (χ2v) is 6.47. The van der Waals surface area contributed by atoms with Crippen LogP contribution in [0.4, 0.5) is 5.82 Å². The van der Waals surface area contributed by atoms with Crippen molar-refractivity contribution in [2.24, 2.45) is 5.92 Å². The van der Waals surface area contributed by atoms with Crippen LogP contribution in [0.25, 0.3) is 11.0 Å². The van der Waals surface area contributed by atoms with Gasteiger partial charge in [0.1, 0.15) is 12.1 Å². The van der Waals surface area contributed by atoms with Gasteiger partial charge in [-0.25, -0.2) is 15.0 Å². The lowest BCUT2D eigenvalue weighted by Gasteiger charge is -2.35. The van der Waals surface area contributed by atoms with Gasteiger partial charge in [-0.3, -0.25) is 4.79 Å². The van der Waals surface area contributed by atoms with E-state index < -0.39 is 0 Å². The van der Waals surface area contributed by atoms with Crippen molar-refractivity contribution in [2.45, 2.75) is 38.1 Å². The van der Waals surface area contributed by atoms with Crippen LogP contribution in [0, 0.1) is 5.92 Å². The monoisotopic (exact) mass is 311 g/mol. The number of pyridine rings is 1. The van der Waals surface area contributed by atoms with E-state index in [0.717, 1.165) is 55.6 Å². The first-order chi connectivity index (χ1) is 11.3. The summed E-state index contributed by atoms with van der Waals surface area (Å²) >= 11 is 0. The van der Waals surface area contributed by atoms with Crippen LogP contribution in [0.1, 0.15) is 32.1 Å². The number of rotatable bonds is 3. The molecule has 2 aromatic heterocycles. The highest BCUT2D eigenvalue weighted by molar-refractivity contribution is 5.86. The summed E-state index contributed by atoms with van der Waals surface area (Å²) in [6, 6.07) is 4.23. The topological polar surface area (TPSA) is 71.0 Å².